The molecule has 0 unspecified atom stereocenters. The molecule has 0 saturated carbocycles. The summed E-state index contributed by atoms with van der Waals surface area (Å²) in [6.07, 6.45) is 30.2. The van der Waals surface area contributed by atoms with Crippen molar-refractivity contribution in [3.8, 4) is 0 Å². The Bertz CT molecular complexity index is 633. The molecule has 0 aliphatic heterocycles. The fourth-order valence-electron chi connectivity index (χ4n) is 5.53. The monoisotopic (exact) mass is 669 g/mol. The number of unbranched alkanes of at least 4 members (excludes halogenated alkanes) is 20. The van der Waals surface area contributed by atoms with Crippen LogP contribution in [0.15, 0.2) is 0 Å². The Hall–Kier alpha value is 0.444. The van der Waals surface area contributed by atoms with Crippen LogP contribution in [0.5, 0.6) is 0 Å². The topological polar surface area (TPSA) is 91.3 Å². The molecule has 0 aromatic heterocycles. The first-order valence-electron chi connectivity index (χ1n) is 18.0. The van der Waals surface area contributed by atoms with Gasteiger partial charge in [0, 0.05) is 5.97 Å². The van der Waals surface area contributed by atoms with Gasteiger partial charge >= 0.3 is 246 Å². The van der Waals surface area contributed by atoms with Gasteiger partial charge in [0.1, 0.15) is 0 Å². The molecule has 42 heavy (non-hydrogen) atoms. The van der Waals surface area contributed by atoms with Crippen LogP contribution in [-0.2, 0) is 34.1 Å². The van der Waals surface area contributed by atoms with E-state index in [1.165, 1.54) is 103 Å². The van der Waals surface area contributed by atoms with Gasteiger partial charge in [-0.1, -0.05) is 0 Å². The summed E-state index contributed by atoms with van der Waals surface area (Å²) >= 11 is -3.41. The van der Waals surface area contributed by atoms with Crippen LogP contribution in [0.1, 0.15) is 189 Å². The molecule has 0 radical (unpaired) electrons. The van der Waals surface area contributed by atoms with Crippen LogP contribution >= 0.6 is 10.3 Å². The summed E-state index contributed by atoms with van der Waals surface area (Å²) in [7, 11) is 0. The Labute approximate surface area is 267 Å². The number of aliphatic carboxylic acids is 1. The molecule has 0 rings (SSSR count). The average molecular weight is 670 g/mol. The molecule has 0 aromatic carbocycles. The van der Waals surface area contributed by atoms with E-state index in [-0.39, 0.29) is 0 Å². The zero-order valence-electron chi connectivity index (χ0n) is 28.7. The minimum absolute atomic E-state index is 0.615. The first-order valence-corrected chi connectivity index (χ1v) is 27.0. The fraction of sp³-hybridized carbons (Fsp3) is 0.971. The van der Waals surface area contributed by atoms with Gasteiger partial charge in [0.2, 0.25) is 0 Å². The van der Waals surface area contributed by atoms with Crippen LogP contribution in [0.3, 0.4) is 0 Å². The number of carbonyl (C=O) groups excluding carboxylic acids is 1. The maximum atomic E-state index is 14.5. The van der Waals surface area contributed by atoms with Crippen molar-refractivity contribution >= 4 is 16.2 Å². The molecule has 0 aromatic rings. The number of hydrogen-bond acceptors (Lipinski definition) is 5. The van der Waals surface area contributed by atoms with Gasteiger partial charge in [-0.15, -0.1) is 0 Å². The summed E-state index contributed by atoms with van der Waals surface area (Å²) in [6.45, 7) is 9.90. The SMILES string of the molecule is CC(=O)[O-].CCCCCCCC[P](=O)(CCCCCCCC)[Ti+](=[O])[P](=O)(CCCCCCCC)CCCCCCCC. The summed E-state index contributed by atoms with van der Waals surface area (Å²) < 4.78 is 43.2. The summed E-state index contributed by atoms with van der Waals surface area (Å²) in [5.41, 5.74) is 0. The third-order valence-electron chi connectivity index (χ3n) is 8.19. The third-order valence-corrected chi connectivity index (χ3v) is 33.5. The van der Waals surface area contributed by atoms with Crippen LogP contribution in [-0.4, -0.2) is 30.6 Å². The van der Waals surface area contributed by atoms with Crippen LogP contribution in [0, 0.1) is 0 Å². The van der Waals surface area contributed by atoms with Crippen molar-refractivity contribution in [1.29, 1.82) is 0 Å². The molecule has 0 N–H and O–H groups in total. The van der Waals surface area contributed by atoms with Gasteiger partial charge in [0.15, 0.2) is 0 Å². The molecule has 251 valence electrons. The summed E-state index contributed by atoms with van der Waals surface area (Å²) in [5, 5.41) is 3.23. The van der Waals surface area contributed by atoms with E-state index in [9.17, 15) is 12.5 Å². The van der Waals surface area contributed by atoms with Gasteiger partial charge in [-0.2, -0.15) is 0 Å². The molecule has 0 aliphatic carbocycles. The predicted octanol–water partition coefficient (Wildman–Crippen LogP) is 11.7. The summed E-state index contributed by atoms with van der Waals surface area (Å²) in [5.74, 6) is -1.08. The minimum atomic E-state index is -3.41. The number of carboxylic acid groups (broad SMARTS) is 1. The van der Waals surface area contributed by atoms with E-state index in [4.69, 9.17) is 9.90 Å². The van der Waals surface area contributed by atoms with E-state index in [1.807, 2.05) is 0 Å². The zero-order valence-corrected chi connectivity index (χ0v) is 32.1. The summed E-state index contributed by atoms with van der Waals surface area (Å²) in [4.78, 5) is 8.89. The first-order chi connectivity index (χ1) is 20.1. The van der Waals surface area contributed by atoms with Crippen molar-refractivity contribution in [2.75, 3.05) is 24.6 Å². The second-order valence-corrected chi connectivity index (χ2v) is 31.2. The standard InChI is InChI=1S/2C16H34OP.C2H4O2.O.Ti/c2*1-3-5-7-9-11-13-15-18(17)16-14-12-10-8-6-4-2;1-2(3)4;;/h2*3-16H2,1-2H3;1H3,(H,3,4);;/q2*+1;;;-1/p-1. The van der Waals surface area contributed by atoms with Crippen LogP contribution in [0.2, 0.25) is 0 Å². The molecule has 5 nitrogen and oxygen atoms in total. The molecule has 0 aliphatic rings. The second kappa shape index (κ2) is 31.4. The number of rotatable bonds is 30. The van der Waals surface area contributed by atoms with Crippen molar-refractivity contribution in [2.45, 2.75) is 189 Å². The molecule has 0 spiro atoms. The average Bonchev–Trinajstić information content (AvgIpc) is 2.95. The number of carboxylic acids is 1. The van der Waals surface area contributed by atoms with E-state index < -0.39 is 33.0 Å². The van der Waals surface area contributed by atoms with Gasteiger partial charge in [-0.05, 0) is 6.92 Å². The number of hydrogen-bond donors (Lipinski definition) is 0. The van der Waals surface area contributed by atoms with Crippen molar-refractivity contribution in [1.82, 2.24) is 0 Å². The normalized spacial score (nSPS) is 11.7. The Balaban J connectivity index is 0. The first kappa shape index (κ1) is 44.6. The molecule has 0 fully saturated rings. The third kappa shape index (κ3) is 26.8. The maximum absolute atomic E-state index is 14.5. The molecule has 0 bridgehead atoms. The van der Waals surface area contributed by atoms with Crippen molar-refractivity contribution in [2.24, 2.45) is 0 Å². The van der Waals surface area contributed by atoms with E-state index in [1.54, 1.807) is 0 Å². The molecule has 0 saturated heterocycles. The summed E-state index contributed by atoms with van der Waals surface area (Å²) in [6, 6.07) is 0. The Morgan fingerprint density at radius 2 is 0.619 bits per heavy atom. The fourth-order valence-corrected chi connectivity index (χ4v) is 33.2. The predicted molar refractivity (Wildman–Crippen MR) is 180 cm³/mol. The molecular weight excluding hydrogens is 598 g/mol. The molecule has 0 atom stereocenters. The quantitative estimate of drug-likeness (QED) is 0.0431. The van der Waals surface area contributed by atoms with Gasteiger partial charge in [-0.3, -0.25) is 0 Å². The van der Waals surface area contributed by atoms with Gasteiger partial charge < -0.3 is 9.90 Å². The molecule has 8 heteroatoms. The Morgan fingerprint density at radius 1 is 0.452 bits per heavy atom. The Kier molecular flexibility index (Phi) is 33.4. The second-order valence-electron chi connectivity index (χ2n) is 12.5. The molecule has 0 amide bonds. The Morgan fingerprint density at radius 3 is 0.810 bits per heavy atom. The molecular formula is C34H71O5P2Ti. The van der Waals surface area contributed by atoms with E-state index in [0.29, 0.717) is 24.6 Å². The van der Waals surface area contributed by atoms with Crippen molar-refractivity contribution < 1.29 is 39.2 Å². The van der Waals surface area contributed by atoms with Crippen LogP contribution < -0.4 is 5.11 Å². The van der Waals surface area contributed by atoms with Gasteiger partial charge in [-0.25, -0.2) is 0 Å². The van der Waals surface area contributed by atoms with Gasteiger partial charge in [0.25, 0.3) is 0 Å². The number of carbonyl (C=O) groups is 1. The van der Waals surface area contributed by atoms with Crippen LogP contribution in [0.4, 0.5) is 0 Å². The van der Waals surface area contributed by atoms with Crippen molar-refractivity contribution in [3.05, 3.63) is 0 Å². The van der Waals surface area contributed by atoms with E-state index >= 15 is 0 Å². The van der Waals surface area contributed by atoms with Crippen LogP contribution in [0.25, 0.3) is 0 Å². The van der Waals surface area contributed by atoms with Gasteiger partial charge in [0.05, 0.1) is 0 Å². The zero-order chi connectivity index (χ0) is 32.0. The molecule has 0 heterocycles. The van der Waals surface area contributed by atoms with Crippen molar-refractivity contribution in [3.63, 3.8) is 0 Å². The van der Waals surface area contributed by atoms with E-state index in [0.717, 1.165) is 58.3 Å². The van der Waals surface area contributed by atoms with E-state index in [2.05, 4.69) is 27.7 Å².